The average molecular weight is 293 g/mol. The van der Waals surface area contributed by atoms with Gasteiger partial charge in [0.05, 0.1) is 6.54 Å². The molecule has 0 bridgehead atoms. The number of carbonyl (C=O) groups is 2. The standard InChI is InChI=1S/C15H20FN3O2/c1-17(2)15(21)19-9-7-18(8-10-19)11-14(20)12-3-5-13(16)6-4-12/h3-6H,7-11H2,1-2H3. The lowest BCUT2D eigenvalue weighted by atomic mass is 10.1. The normalized spacial score (nSPS) is 15.9. The number of hydrogen-bond donors (Lipinski definition) is 0. The Morgan fingerprint density at radius 2 is 1.67 bits per heavy atom. The SMILES string of the molecule is CN(C)C(=O)N1CCN(CC(=O)c2ccc(F)cc2)CC1. The summed E-state index contributed by atoms with van der Waals surface area (Å²) in [6.07, 6.45) is 0. The van der Waals surface area contributed by atoms with E-state index in [2.05, 4.69) is 0 Å². The van der Waals surface area contributed by atoms with Crippen LogP contribution in [0.15, 0.2) is 24.3 Å². The van der Waals surface area contributed by atoms with Crippen LogP contribution in [0.25, 0.3) is 0 Å². The molecule has 0 unspecified atom stereocenters. The van der Waals surface area contributed by atoms with E-state index in [-0.39, 0.29) is 17.6 Å². The van der Waals surface area contributed by atoms with Crippen molar-refractivity contribution in [2.45, 2.75) is 0 Å². The molecule has 0 saturated carbocycles. The molecule has 5 nitrogen and oxygen atoms in total. The zero-order chi connectivity index (χ0) is 15.4. The molecule has 21 heavy (non-hydrogen) atoms. The zero-order valence-corrected chi connectivity index (χ0v) is 12.4. The molecule has 6 heteroatoms. The molecule has 0 aliphatic carbocycles. The second-order valence-electron chi connectivity index (χ2n) is 5.37. The van der Waals surface area contributed by atoms with Crippen LogP contribution in [-0.4, -0.2) is 73.3 Å². The predicted octanol–water partition coefficient (Wildman–Crippen LogP) is 1.31. The van der Waals surface area contributed by atoms with Gasteiger partial charge in [-0.3, -0.25) is 9.69 Å². The molecule has 0 radical (unpaired) electrons. The van der Waals surface area contributed by atoms with Gasteiger partial charge in [-0.05, 0) is 24.3 Å². The first-order valence-corrected chi connectivity index (χ1v) is 6.94. The summed E-state index contributed by atoms with van der Waals surface area (Å²) in [5, 5.41) is 0. The summed E-state index contributed by atoms with van der Waals surface area (Å²) in [4.78, 5) is 29.3. The van der Waals surface area contributed by atoms with E-state index in [0.29, 0.717) is 38.3 Å². The molecule has 114 valence electrons. The maximum atomic E-state index is 12.8. The van der Waals surface area contributed by atoms with Crippen molar-refractivity contribution < 1.29 is 14.0 Å². The van der Waals surface area contributed by atoms with Crippen molar-refractivity contribution in [2.75, 3.05) is 46.8 Å². The van der Waals surface area contributed by atoms with Gasteiger partial charge in [0.15, 0.2) is 5.78 Å². The van der Waals surface area contributed by atoms with E-state index >= 15 is 0 Å². The molecule has 1 fully saturated rings. The van der Waals surface area contributed by atoms with Gasteiger partial charge in [-0.15, -0.1) is 0 Å². The van der Waals surface area contributed by atoms with Gasteiger partial charge in [-0.1, -0.05) is 0 Å². The number of urea groups is 1. The summed E-state index contributed by atoms with van der Waals surface area (Å²) in [6.45, 7) is 2.88. The van der Waals surface area contributed by atoms with Gasteiger partial charge in [0.1, 0.15) is 5.82 Å². The Kier molecular flexibility index (Phi) is 4.90. The van der Waals surface area contributed by atoms with Crippen LogP contribution in [-0.2, 0) is 0 Å². The number of halogens is 1. The van der Waals surface area contributed by atoms with Gasteiger partial charge < -0.3 is 9.80 Å². The highest BCUT2D eigenvalue weighted by molar-refractivity contribution is 5.97. The van der Waals surface area contributed by atoms with Crippen LogP contribution < -0.4 is 0 Å². The molecule has 0 aromatic heterocycles. The first-order valence-electron chi connectivity index (χ1n) is 6.94. The highest BCUT2D eigenvalue weighted by Gasteiger charge is 2.23. The molecule has 2 amide bonds. The minimum Gasteiger partial charge on any atom is -0.331 e. The van der Waals surface area contributed by atoms with Gasteiger partial charge in [0, 0.05) is 45.8 Å². The fourth-order valence-electron chi connectivity index (χ4n) is 2.31. The average Bonchev–Trinajstić information content (AvgIpc) is 2.47. The lowest BCUT2D eigenvalue weighted by Gasteiger charge is -2.35. The lowest BCUT2D eigenvalue weighted by molar-refractivity contribution is 0.0863. The van der Waals surface area contributed by atoms with E-state index < -0.39 is 0 Å². The summed E-state index contributed by atoms with van der Waals surface area (Å²) in [5.41, 5.74) is 0.517. The van der Waals surface area contributed by atoms with Crippen LogP contribution in [0.5, 0.6) is 0 Å². The summed E-state index contributed by atoms with van der Waals surface area (Å²) >= 11 is 0. The van der Waals surface area contributed by atoms with Crippen molar-refractivity contribution >= 4 is 11.8 Å². The Labute approximate surface area is 123 Å². The molecule has 1 aliphatic rings. The summed E-state index contributed by atoms with van der Waals surface area (Å²) < 4.78 is 12.8. The Hall–Kier alpha value is -1.95. The first kappa shape index (κ1) is 15.4. The van der Waals surface area contributed by atoms with Crippen LogP contribution in [0.3, 0.4) is 0 Å². The number of Topliss-reactive ketones (excluding diaryl/α,β-unsaturated/α-hetero) is 1. The minimum atomic E-state index is -0.345. The van der Waals surface area contributed by atoms with Gasteiger partial charge in [0.2, 0.25) is 0 Å². The third-order valence-electron chi connectivity index (χ3n) is 3.56. The number of benzene rings is 1. The van der Waals surface area contributed by atoms with Crippen molar-refractivity contribution in [1.29, 1.82) is 0 Å². The number of amides is 2. The highest BCUT2D eigenvalue weighted by atomic mass is 19.1. The molecule has 0 atom stereocenters. The largest absolute Gasteiger partial charge is 0.331 e. The molecule has 1 heterocycles. The van der Waals surface area contributed by atoms with Crippen LogP contribution in [0, 0.1) is 5.82 Å². The number of rotatable bonds is 3. The molecule has 1 aromatic rings. The monoisotopic (exact) mass is 293 g/mol. The van der Waals surface area contributed by atoms with Crippen molar-refractivity contribution in [1.82, 2.24) is 14.7 Å². The van der Waals surface area contributed by atoms with Crippen LogP contribution in [0.2, 0.25) is 0 Å². The number of ketones is 1. The highest BCUT2D eigenvalue weighted by Crippen LogP contribution is 2.08. The summed E-state index contributed by atoms with van der Waals surface area (Å²) in [7, 11) is 3.46. The maximum absolute atomic E-state index is 12.8. The number of carbonyl (C=O) groups excluding carboxylic acids is 2. The van der Waals surface area contributed by atoms with Gasteiger partial charge >= 0.3 is 6.03 Å². The second-order valence-corrected chi connectivity index (χ2v) is 5.37. The van der Waals surface area contributed by atoms with Crippen LogP contribution in [0.1, 0.15) is 10.4 Å². The second kappa shape index (κ2) is 6.67. The molecular formula is C15H20FN3O2. The third-order valence-corrected chi connectivity index (χ3v) is 3.56. The zero-order valence-electron chi connectivity index (χ0n) is 12.4. The van der Waals surface area contributed by atoms with Crippen molar-refractivity contribution in [3.63, 3.8) is 0 Å². The molecule has 0 N–H and O–H groups in total. The Morgan fingerprint density at radius 1 is 1.10 bits per heavy atom. The van der Waals surface area contributed by atoms with Gasteiger partial charge in [0.25, 0.3) is 0 Å². The summed E-state index contributed by atoms with van der Waals surface area (Å²) in [6, 6.07) is 5.59. The van der Waals surface area contributed by atoms with Crippen LogP contribution in [0.4, 0.5) is 9.18 Å². The fraction of sp³-hybridized carbons (Fsp3) is 0.467. The molecule has 2 rings (SSSR count). The molecule has 0 spiro atoms. The Bertz CT molecular complexity index is 508. The van der Waals surface area contributed by atoms with E-state index in [9.17, 15) is 14.0 Å². The molecule has 1 saturated heterocycles. The van der Waals surface area contributed by atoms with E-state index in [4.69, 9.17) is 0 Å². The maximum Gasteiger partial charge on any atom is 0.319 e. The van der Waals surface area contributed by atoms with Crippen LogP contribution >= 0.6 is 0 Å². The Morgan fingerprint density at radius 3 is 2.19 bits per heavy atom. The summed E-state index contributed by atoms with van der Waals surface area (Å²) in [5.74, 6) is -0.371. The van der Waals surface area contributed by atoms with E-state index in [1.807, 2.05) is 4.90 Å². The molecular weight excluding hydrogens is 273 g/mol. The molecule has 1 aliphatic heterocycles. The minimum absolute atomic E-state index is 0.000453. The number of nitrogens with zero attached hydrogens (tertiary/aromatic N) is 3. The van der Waals surface area contributed by atoms with E-state index in [0.717, 1.165) is 0 Å². The van der Waals surface area contributed by atoms with E-state index in [1.165, 1.54) is 24.3 Å². The topological polar surface area (TPSA) is 43.9 Å². The van der Waals surface area contributed by atoms with Crippen molar-refractivity contribution in [2.24, 2.45) is 0 Å². The van der Waals surface area contributed by atoms with Crippen molar-refractivity contribution in [3.8, 4) is 0 Å². The lowest BCUT2D eigenvalue weighted by Crippen LogP contribution is -2.52. The predicted molar refractivity (Wildman–Crippen MR) is 77.8 cm³/mol. The molecule has 1 aromatic carbocycles. The van der Waals surface area contributed by atoms with Gasteiger partial charge in [-0.25, -0.2) is 9.18 Å². The first-order chi connectivity index (χ1) is 9.97. The van der Waals surface area contributed by atoms with Crippen molar-refractivity contribution in [3.05, 3.63) is 35.6 Å². The quantitative estimate of drug-likeness (QED) is 0.789. The number of hydrogen-bond acceptors (Lipinski definition) is 3. The smallest absolute Gasteiger partial charge is 0.319 e. The van der Waals surface area contributed by atoms with E-state index in [1.54, 1.807) is 23.9 Å². The fourth-order valence-corrected chi connectivity index (χ4v) is 2.31. The number of piperazine rings is 1. The van der Waals surface area contributed by atoms with Gasteiger partial charge in [-0.2, -0.15) is 0 Å². The Balaban J connectivity index is 1.84. The third kappa shape index (κ3) is 4.01.